The van der Waals surface area contributed by atoms with Crippen molar-refractivity contribution in [3.05, 3.63) is 58.5 Å². The van der Waals surface area contributed by atoms with Crippen LogP contribution in [-0.4, -0.2) is 24.4 Å². The summed E-state index contributed by atoms with van der Waals surface area (Å²) in [6, 6.07) is 12.6. The predicted octanol–water partition coefficient (Wildman–Crippen LogP) is 7.65. The van der Waals surface area contributed by atoms with Crippen molar-refractivity contribution in [1.29, 1.82) is 0 Å². The Labute approximate surface area is 193 Å². The van der Waals surface area contributed by atoms with Crippen LogP contribution >= 0.6 is 11.3 Å². The van der Waals surface area contributed by atoms with E-state index < -0.39 is 12.6 Å². The van der Waals surface area contributed by atoms with Gasteiger partial charge in [0.1, 0.15) is 5.75 Å². The molecule has 0 unspecified atom stereocenters. The van der Waals surface area contributed by atoms with Crippen LogP contribution in [0.3, 0.4) is 0 Å². The number of ether oxygens (including phenoxy) is 1. The summed E-state index contributed by atoms with van der Waals surface area (Å²) in [5, 5.41) is 10.2. The molecule has 0 amide bonds. The third kappa shape index (κ3) is 5.21. The van der Waals surface area contributed by atoms with Crippen molar-refractivity contribution < 1.29 is 19.0 Å². The number of benzene rings is 2. The van der Waals surface area contributed by atoms with E-state index in [1.54, 1.807) is 11.3 Å². The van der Waals surface area contributed by atoms with Gasteiger partial charge in [0.25, 0.3) is 0 Å². The van der Waals surface area contributed by atoms with Gasteiger partial charge in [-0.2, -0.15) is 0 Å². The molecular weight excluding hydrogens is 423 g/mol. The van der Waals surface area contributed by atoms with Crippen LogP contribution in [-0.2, 0) is 16.6 Å². The Kier molecular flexibility index (Phi) is 7.40. The second kappa shape index (κ2) is 9.86. The van der Waals surface area contributed by atoms with Crippen molar-refractivity contribution in [2.75, 3.05) is 13.3 Å². The van der Waals surface area contributed by atoms with Gasteiger partial charge in [0, 0.05) is 38.6 Å². The molecule has 1 N–H and O–H groups in total. The van der Waals surface area contributed by atoms with Crippen molar-refractivity contribution in [2.24, 2.45) is 0 Å². The van der Waals surface area contributed by atoms with Crippen LogP contribution in [0.4, 0.5) is 4.39 Å². The average molecular weight is 455 g/mol. The lowest BCUT2D eigenvalue weighted by Gasteiger charge is -2.26. The highest BCUT2D eigenvalue weighted by Gasteiger charge is 2.24. The molecule has 0 saturated heterocycles. The molecule has 0 spiro atoms. The highest BCUT2D eigenvalue weighted by molar-refractivity contribution is 7.20. The highest BCUT2D eigenvalue weighted by atomic mass is 32.1. The first-order valence-corrected chi connectivity index (χ1v) is 11.8. The van der Waals surface area contributed by atoms with Gasteiger partial charge in [-0.05, 0) is 53.7 Å². The number of aliphatic carboxylic acids is 1. The van der Waals surface area contributed by atoms with Crippen LogP contribution in [0.2, 0.25) is 0 Å². The van der Waals surface area contributed by atoms with Crippen molar-refractivity contribution in [1.82, 2.24) is 0 Å². The van der Waals surface area contributed by atoms with Gasteiger partial charge in [-0.25, -0.2) is 4.79 Å². The normalized spacial score (nSPS) is 12.4. The van der Waals surface area contributed by atoms with Crippen LogP contribution in [0.5, 0.6) is 5.75 Å². The first-order valence-electron chi connectivity index (χ1n) is 11.0. The second-order valence-electron chi connectivity index (χ2n) is 9.01. The van der Waals surface area contributed by atoms with E-state index in [0.717, 1.165) is 49.4 Å². The van der Waals surface area contributed by atoms with Crippen LogP contribution in [0.15, 0.2) is 42.5 Å². The van der Waals surface area contributed by atoms with Gasteiger partial charge in [0.2, 0.25) is 0 Å². The topological polar surface area (TPSA) is 46.5 Å². The lowest BCUT2D eigenvalue weighted by Crippen LogP contribution is -2.15. The van der Waals surface area contributed by atoms with E-state index in [9.17, 15) is 9.18 Å². The fraction of sp³-hybridized carbons (Fsp3) is 0.370. The molecule has 3 aromatic rings. The summed E-state index contributed by atoms with van der Waals surface area (Å²) in [6.45, 7) is 10.4. The van der Waals surface area contributed by atoms with Gasteiger partial charge < -0.3 is 9.84 Å². The fourth-order valence-corrected chi connectivity index (χ4v) is 4.84. The molecule has 2 aromatic carbocycles. The Morgan fingerprint density at radius 1 is 1.19 bits per heavy atom. The molecule has 3 nitrogen and oxygen atoms in total. The number of carboxylic acids is 1. The number of thiophene rings is 1. The smallest absolute Gasteiger partial charge is 0.328 e. The summed E-state index contributed by atoms with van der Waals surface area (Å²) < 4.78 is 20.1. The standard InChI is InChI=1S/C27H31FO3S/c1-6-18-14-21(26(31-12-8-11-28)22(15-18)27(3,4)5)19-9-7-10-23-20(19)16-24(32-23)17(2)13-25(29)30/h7,9-10,13-16H,6,8,11-12H2,1-5H3,(H,29,30)/b17-13-. The summed E-state index contributed by atoms with van der Waals surface area (Å²) in [7, 11) is 0. The Morgan fingerprint density at radius 3 is 2.56 bits per heavy atom. The van der Waals surface area contributed by atoms with E-state index in [4.69, 9.17) is 9.84 Å². The molecule has 3 rings (SSSR count). The molecule has 0 aliphatic rings. The molecule has 0 saturated carbocycles. The fourth-order valence-electron chi connectivity index (χ4n) is 3.78. The van der Waals surface area contributed by atoms with Gasteiger partial charge >= 0.3 is 5.97 Å². The SMILES string of the molecule is CCc1cc(-c2cccc3sc(/C(C)=C\C(=O)O)cc23)c(OCCCF)c(C(C)(C)C)c1. The van der Waals surface area contributed by atoms with Gasteiger partial charge in [0.15, 0.2) is 0 Å². The molecule has 1 aromatic heterocycles. The van der Waals surface area contributed by atoms with Crippen LogP contribution < -0.4 is 4.74 Å². The second-order valence-corrected chi connectivity index (χ2v) is 10.1. The Balaban J connectivity index is 2.27. The zero-order valence-electron chi connectivity index (χ0n) is 19.4. The molecule has 5 heteroatoms. The first kappa shape index (κ1) is 24.0. The van der Waals surface area contributed by atoms with Gasteiger partial charge in [0.05, 0.1) is 13.3 Å². The first-order chi connectivity index (χ1) is 15.2. The minimum absolute atomic E-state index is 0.139. The van der Waals surface area contributed by atoms with Gasteiger partial charge in [-0.3, -0.25) is 4.39 Å². The van der Waals surface area contributed by atoms with E-state index in [0.29, 0.717) is 13.0 Å². The molecule has 1 heterocycles. The number of hydrogen-bond donors (Lipinski definition) is 1. The van der Waals surface area contributed by atoms with Crippen molar-refractivity contribution in [3.8, 4) is 16.9 Å². The third-order valence-electron chi connectivity index (χ3n) is 5.47. The van der Waals surface area contributed by atoms with E-state index in [2.05, 4.69) is 58.0 Å². The third-order valence-corrected chi connectivity index (χ3v) is 6.71. The summed E-state index contributed by atoms with van der Waals surface area (Å²) in [6.07, 6.45) is 2.49. The maximum absolute atomic E-state index is 12.8. The molecule has 32 heavy (non-hydrogen) atoms. The maximum Gasteiger partial charge on any atom is 0.328 e. The molecule has 0 bridgehead atoms. The number of allylic oxidation sites excluding steroid dienone is 1. The molecule has 0 atom stereocenters. The number of carboxylic acid groups (broad SMARTS) is 1. The largest absolute Gasteiger partial charge is 0.493 e. The Bertz CT molecular complexity index is 1150. The summed E-state index contributed by atoms with van der Waals surface area (Å²) in [4.78, 5) is 12.1. The number of carbonyl (C=O) groups is 1. The Hall–Kier alpha value is -2.66. The summed E-state index contributed by atoms with van der Waals surface area (Å²) in [5.74, 6) is -0.143. The van der Waals surface area contributed by atoms with Crippen LogP contribution in [0.25, 0.3) is 26.8 Å². The zero-order valence-corrected chi connectivity index (χ0v) is 20.2. The number of aryl methyl sites for hydroxylation is 1. The number of fused-ring (bicyclic) bond motifs is 1. The lowest BCUT2D eigenvalue weighted by molar-refractivity contribution is -0.131. The zero-order chi connectivity index (χ0) is 23.5. The number of alkyl halides is 1. The average Bonchev–Trinajstić information content (AvgIpc) is 3.17. The van der Waals surface area contributed by atoms with Gasteiger partial charge in [-0.15, -0.1) is 11.3 Å². The molecule has 0 aliphatic carbocycles. The molecular formula is C27H31FO3S. The van der Waals surface area contributed by atoms with E-state index in [1.807, 2.05) is 13.0 Å². The quantitative estimate of drug-likeness (QED) is 0.281. The van der Waals surface area contributed by atoms with Crippen molar-refractivity contribution in [3.63, 3.8) is 0 Å². The minimum Gasteiger partial charge on any atom is -0.493 e. The van der Waals surface area contributed by atoms with E-state index in [-0.39, 0.29) is 5.41 Å². The summed E-state index contributed by atoms with van der Waals surface area (Å²) in [5.41, 5.74) is 4.96. The number of rotatable bonds is 8. The number of halogens is 1. The Morgan fingerprint density at radius 2 is 1.94 bits per heavy atom. The van der Waals surface area contributed by atoms with Crippen LogP contribution in [0, 0.1) is 0 Å². The van der Waals surface area contributed by atoms with E-state index in [1.165, 1.54) is 11.6 Å². The molecule has 170 valence electrons. The monoisotopic (exact) mass is 454 g/mol. The van der Waals surface area contributed by atoms with Crippen molar-refractivity contribution >= 4 is 33.0 Å². The molecule has 0 fully saturated rings. The van der Waals surface area contributed by atoms with Gasteiger partial charge in [-0.1, -0.05) is 45.9 Å². The van der Waals surface area contributed by atoms with E-state index >= 15 is 0 Å². The molecule has 0 radical (unpaired) electrons. The lowest BCUT2D eigenvalue weighted by atomic mass is 9.82. The van der Waals surface area contributed by atoms with Crippen LogP contribution in [0.1, 0.15) is 57.0 Å². The summed E-state index contributed by atoms with van der Waals surface area (Å²) >= 11 is 1.58. The predicted molar refractivity (Wildman–Crippen MR) is 133 cm³/mol. The number of hydrogen-bond acceptors (Lipinski definition) is 3. The highest BCUT2D eigenvalue weighted by Crippen LogP contribution is 2.44. The van der Waals surface area contributed by atoms with Crippen molar-refractivity contribution in [2.45, 2.75) is 52.9 Å². The minimum atomic E-state index is -0.950. The molecule has 0 aliphatic heterocycles. The maximum atomic E-state index is 12.8.